The number of nitrogens with one attached hydrogen (secondary N) is 2. The van der Waals surface area contributed by atoms with Crippen molar-refractivity contribution in [2.24, 2.45) is 0 Å². The van der Waals surface area contributed by atoms with Crippen LogP contribution in [0.3, 0.4) is 0 Å². The van der Waals surface area contributed by atoms with Crippen LogP contribution in [0.1, 0.15) is 19.8 Å². The summed E-state index contributed by atoms with van der Waals surface area (Å²) in [6.45, 7) is 5.39. The molecule has 0 aromatic rings. The lowest BCUT2D eigenvalue weighted by atomic mass is 10.1. The van der Waals surface area contributed by atoms with Crippen LogP contribution in [0.15, 0.2) is 0 Å². The van der Waals surface area contributed by atoms with Crippen LogP contribution < -0.4 is 10.6 Å². The molecule has 2 amide bonds. The van der Waals surface area contributed by atoms with Crippen molar-refractivity contribution in [1.29, 1.82) is 0 Å². The first-order valence-electron chi connectivity index (χ1n) is 7.08. The highest BCUT2D eigenvalue weighted by Crippen LogP contribution is 2.18. The summed E-state index contributed by atoms with van der Waals surface area (Å²) < 4.78 is 0. The Balaban J connectivity index is 1.72. The van der Waals surface area contributed by atoms with Crippen LogP contribution in [0.25, 0.3) is 0 Å². The molecule has 6 nitrogen and oxygen atoms in total. The average Bonchev–Trinajstić information content (AvgIpc) is 3.08. The number of hydrogen-bond acceptors (Lipinski definition) is 4. The molecule has 19 heavy (non-hydrogen) atoms. The fourth-order valence-electron chi connectivity index (χ4n) is 2.13. The largest absolute Gasteiger partial charge is 0.352 e. The van der Waals surface area contributed by atoms with Crippen molar-refractivity contribution in [3.05, 3.63) is 0 Å². The molecule has 0 aromatic heterocycles. The van der Waals surface area contributed by atoms with Gasteiger partial charge in [0.1, 0.15) is 0 Å². The Bertz CT molecular complexity index is 340. The van der Waals surface area contributed by atoms with Crippen molar-refractivity contribution >= 4 is 11.8 Å². The number of hydrogen-bond donors (Lipinski definition) is 2. The van der Waals surface area contributed by atoms with Gasteiger partial charge in [-0.3, -0.25) is 14.5 Å². The van der Waals surface area contributed by atoms with Gasteiger partial charge >= 0.3 is 0 Å². The van der Waals surface area contributed by atoms with E-state index in [9.17, 15) is 9.59 Å². The van der Waals surface area contributed by atoms with Crippen LogP contribution in [-0.4, -0.2) is 73.5 Å². The third kappa shape index (κ3) is 4.18. The zero-order valence-electron chi connectivity index (χ0n) is 11.8. The molecule has 2 aliphatic rings. The van der Waals surface area contributed by atoms with E-state index in [1.165, 1.54) is 4.90 Å². The first-order chi connectivity index (χ1) is 9.10. The number of amides is 2. The van der Waals surface area contributed by atoms with Gasteiger partial charge in [0.2, 0.25) is 11.8 Å². The summed E-state index contributed by atoms with van der Waals surface area (Å²) in [6, 6.07) is 0.812. The number of likely N-dealkylation sites (N-methyl/N-ethyl adjacent to an activating group) is 2. The van der Waals surface area contributed by atoms with E-state index >= 15 is 0 Å². The molecule has 0 unspecified atom stereocenters. The van der Waals surface area contributed by atoms with E-state index in [0.29, 0.717) is 18.6 Å². The molecule has 1 heterocycles. The molecule has 0 spiro atoms. The molecule has 2 fully saturated rings. The summed E-state index contributed by atoms with van der Waals surface area (Å²) in [5, 5.41) is 6.10. The highest BCUT2D eigenvalue weighted by Gasteiger charge is 2.27. The van der Waals surface area contributed by atoms with Crippen molar-refractivity contribution in [2.75, 3.05) is 39.8 Å². The summed E-state index contributed by atoms with van der Waals surface area (Å²) in [6.07, 6.45) is 2.14. The summed E-state index contributed by atoms with van der Waals surface area (Å²) >= 11 is 0. The van der Waals surface area contributed by atoms with Gasteiger partial charge in [0, 0.05) is 32.2 Å². The van der Waals surface area contributed by atoms with Gasteiger partial charge in [-0.1, -0.05) is 6.92 Å². The Morgan fingerprint density at radius 1 is 1.26 bits per heavy atom. The Kier molecular flexibility index (Phi) is 4.76. The standard InChI is InChI=1S/C13H24N4O2/c1-3-17(11-6-14-7-11)9-13(19)16(2)8-12(18)15-10-4-5-10/h10-11,14H,3-9H2,1-2H3,(H,15,18). The van der Waals surface area contributed by atoms with Crippen LogP contribution in [0.5, 0.6) is 0 Å². The molecular weight excluding hydrogens is 244 g/mol. The molecule has 1 saturated heterocycles. The molecule has 2 N–H and O–H groups in total. The topological polar surface area (TPSA) is 64.7 Å². The number of nitrogens with zero attached hydrogens (tertiary/aromatic N) is 2. The molecular formula is C13H24N4O2. The predicted octanol–water partition coefficient (Wildman–Crippen LogP) is -0.983. The van der Waals surface area contributed by atoms with Crippen LogP contribution in [0.4, 0.5) is 0 Å². The zero-order valence-corrected chi connectivity index (χ0v) is 11.8. The molecule has 0 bridgehead atoms. The maximum absolute atomic E-state index is 12.1. The third-order valence-electron chi connectivity index (χ3n) is 3.77. The smallest absolute Gasteiger partial charge is 0.239 e. The molecule has 1 aliphatic heterocycles. The fraction of sp³-hybridized carbons (Fsp3) is 0.846. The minimum atomic E-state index is -0.0493. The van der Waals surface area contributed by atoms with E-state index in [1.807, 2.05) is 0 Å². The predicted molar refractivity (Wildman–Crippen MR) is 72.7 cm³/mol. The Hall–Kier alpha value is -1.14. The molecule has 6 heteroatoms. The van der Waals surface area contributed by atoms with Crippen LogP contribution in [0, 0.1) is 0 Å². The van der Waals surface area contributed by atoms with Crippen LogP contribution in [0.2, 0.25) is 0 Å². The van der Waals surface area contributed by atoms with Gasteiger partial charge in [0.05, 0.1) is 13.1 Å². The maximum Gasteiger partial charge on any atom is 0.239 e. The van der Waals surface area contributed by atoms with Crippen LogP contribution in [-0.2, 0) is 9.59 Å². The summed E-state index contributed by atoms with van der Waals surface area (Å²) in [4.78, 5) is 27.4. The second kappa shape index (κ2) is 6.34. The quantitative estimate of drug-likeness (QED) is 0.623. The van der Waals surface area contributed by atoms with Crippen molar-refractivity contribution in [3.63, 3.8) is 0 Å². The van der Waals surface area contributed by atoms with E-state index in [1.54, 1.807) is 7.05 Å². The lowest BCUT2D eigenvalue weighted by Gasteiger charge is -2.37. The number of carbonyl (C=O) groups excluding carboxylic acids is 2. The number of rotatable bonds is 7. The second-order valence-corrected chi connectivity index (χ2v) is 5.47. The van der Waals surface area contributed by atoms with Gasteiger partial charge in [-0.2, -0.15) is 0 Å². The van der Waals surface area contributed by atoms with Crippen molar-refractivity contribution < 1.29 is 9.59 Å². The summed E-state index contributed by atoms with van der Waals surface area (Å²) in [5.74, 6) is -0.0357. The summed E-state index contributed by atoms with van der Waals surface area (Å²) in [7, 11) is 1.70. The number of carbonyl (C=O) groups is 2. The first-order valence-corrected chi connectivity index (χ1v) is 7.08. The lowest BCUT2D eigenvalue weighted by Crippen LogP contribution is -2.59. The monoisotopic (exact) mass is 268 g/mol. The van der Waals surface area contributed by atoms with E-state index in [4.69, 9.17) is 0 Å². The Morgan fingerprint density at radius 3 is 2.42 bits per heavy atom. The zero-order chi connectivity index (χ0) is 13.8. The third-order valence-corrected chi connectivity index (χ3v) is 3.77. The molecule has 0 radical (unpaired) electrons. The molecule has 1 saturated carbocycles. The Morgan fingerprint density at radius 2 is 1.95 bits per heavy atom. The minimum absolute atomic E-state index is 0.0136. The van der Waals surface area contributed by atoms with Gasteiger partial charge in [-0.05, 0) is 19.4 Å². The Labute approximate surface area is 114 Å². The lowest BCUT2D eigenvalue weighted by molar-refractivity contribution is -0.136. The van der Waals surface area contributed by atoms with E-state index < -0.39 is 0 Å². The first kappa shape index (κ1) is 14.3. The summed E-state index contributed by atoms with van der Waals surface area (Å²) in [5.41, 5.74) is 0. The second-order valence-electron chi connectivity index (χ2n) is 5.47. The molecule has 108 valence electrons. The van der Waals surface area contributed by atoms with Gasteiger partial charge in [-0.25, -0.2) is 0 Å². The van der Waals surface area contributed by atoms with Gasteiger partial charge in [0.15, 0.2) is 0 Å². The van der Waals surface area contributed by atoms with Crippen molar-refractivity contribution in [3.8, 4) is 0 Å². The van der Waals surface area contributed by atoms with Crippen molar-refractivity contribution in [2.45, 2.75) is 31.8 Å². The van der Waals surface area contributed by atoms with Crippen molar-refractivity contribution in [1.82, 2.24) is 20.4 Å². The highest BCUT2D eigenvalue weighted by molar-refractivity contribution is 5.85. The van der Waals surface area contributed by atoms with E-state index in [-0.39, 0.29) is 18.4 Å². The average molecular weight is 268 g/mol. The van der Waals surface area contributed by atoms with E-state index in [0.717, 1.165) is 32.5 Å². The molecule has 0 atom stereocenters. The maximum atomic E-state index is 12.1. The van der Waals surface area contributed by atoms with Crippen LogP contribution >= 0.6 is 0 Å². The van der Waals surface area contributed by atoms with E-state index in [2.05, 4.69) is 22.5 Å². The SMILES string of the molecule is CCN(CC(=O)N(C)CC(=O)NC1CC1)C1CNC1. The van der Waals surface area contributed by atoms with Gasteiger partial charge < -0.3 is 15.5 Å². The fourth-order valence-corrected chi connectivity index (χ4v) is 2.13. The highest BCUT2D eigenvalue weighted by atomic mass is 16.2. The molecule has 2 rings (SSSR count). The molecule has 0 aromatic carbocycles. The van der Waals surface area contributed by atoms with Gasteiger partial charge in [-0.15, -0.1) is 0 Å². The molecule has 1 aliphatic carbocycles. The van der Waals surface area contributed by atoms with Gasteiger partial charge in [0.25, 0.3) is 0 Å². The minimum Gasteiger partial charge on any atom is -0.352 e. The normalized spacial score (nSPS) is 19.1.